The first-order valence-corrected chi connectivity index (χ1v) is 8.35. The topological polar surface area (TPSA) is 49.7 Å². The van der Waals surface area contributed by atoms with E-state index < -0.39 is 24.6 Å². The molecular formula is C20H20F3NO2. The van der Waals surface area contributed by atoms with E-state index in [1.165, 1.54) is 0 Å². The zero-order valence-electron chi connectivity index (χ0n) is 14.1. The van der Waals surface area contributed by atoms with Crippen LogP contribution in [0.1, 0.15) is 36.8 Å². The third-order valence-corrected chi connectivity index (χ3v) is 3.85. The number of hydrogen-bond acceptors (Lipinski definition) is 2. The van der Waals surface area contributed by atoms with Gasteiger partial charge in [0.2, 0.25) is 0 Å². The third kappa shape index (κ3) is 6.35. The van der Waals surface area contributed by atoms with Crippen molar-refractivity contribution in [3.05, 3.63) is 71.8 Å². The number of hydrogen-bond donors (Lipinski definition) is 1. The van der Waals surface area contributed by atoms with E-state index in [9.17, 15) is 23.1 Å². The van der Waals surface area contributed by atoms with Gasteiger partial charge < -0.3 is 5.11 Å². The van der Waals surface area contributed by atoms with Crippen LogP contribution in [0.4, 0.5) is 13.2 Å². The summed E-state index contributed by atoms with van der Waals surface area (Å²) in [5, 5.41) is 9.45. The summed E-state index contributed by atoms with van der Waals surface area (Å²) in [6.45, 7) is 0. The highest BCUT2D eigenvalue weighted by atomic mass is 19.4. The van der Waals surface area contributed by atoms with Gasteiger partial charge in [0.15, 0.2) is 0 Å². The summed E-state index contributed by atoms with van der Waals surface area (Å²) in [7, 11) is 0. The number of unbranched alkanes of at least 4 members (excludes halogenated alkanes) is 1. The van der Waals surface area contributed by atoms with E-state index in [0.29, 0.717) is 5.71 Å². The Hall–Kier alpha value is -2.63. The maximum absolute atomic E-state index is 12.2. The molecule has 26 heavy (non-hydrogen) atoms. The molecule has 0 aliphatic heterocycles. The molecule has 0 saturated carbocycles. The second-order valence-electron chi connectivity index (χ2n) is 5.92. The van der Waals surface area contributed by atoms with Crippen LogP contribution in [-0.2, 0) is 4.79 Å². The van der Waals surface area contributed by atoms with Crippen LogP contribution in [-0.4, -0.2) is 29.0 Å². The molecule has 2 aromatic rings. The number of aliphatic carboxylic acids is 1. The molecule has 138 valence electrons. The van der Waals surface area contributed by atoms with Crippen LogP contribution in [0.2, 0.25) is 0 Å². The Balaban J connectivity index is 2.23. The summed E-state index contributed by atoms with van der Waals surface area (Å²) in [6.07, 6.45) is -5.02. The second-order valence-corrected chi connectivity index (χ2v) is 5.92. The monoisotopic (exact) mass is 363 g/mol. The Bertz CT molecular complexity index is 686. The minimum atomic E-state index is -4.22. The summed E-state index contributed by atoms with van der Waals surface area (Å²) in [6, 6.07) is 17.2. The molecule has 0 unspecified atom stereocenters. The largest absolute Gasteiger partial charge is 0.480 e. The van der Waals surface area contributed by atoms with E-state index in [-0.39, 0.29) is 19.3 Å². The molecular weight excluding hydrogens is 343 g/mol. The SMILES string of the molecule is O=C(O)[C@H](CCCCC(F)(F)F)N=C(c1ccccc1)c1ccccc1. The maximum Gasteiger partial charge on any atom is 0.389 e. The molecule has 0 amide bonds. The van der Waals surface area contributed by atoms with Crippen LogP contribution in [0.3, 0.4) is 0 Å². The first-order valence-electron chi connectivity index (χ1n) is 8.35. The third-order valence-electron chi connectivity index (χ3n) is 3.85. The molecule has 0 fully saturated rings. The highest BCUT2D eigenvalue weighted by Gasteiger charge is 2.26. The van der Waals surface area contributed by atoms with Crippen molar-refractivity contribution in [3.63, 3.8) is 0 Å². The average molecular weight is 363 g/mol. The van der Waals surface area contributed by atoms with Crippen molar-refractivity contribution in [3.8, 4) is 0 Å². The summed E-state index contributed by atoms with van der Waals surface area (Å²) in [5.41, 5.74) is 2.05. The lowest BCUT2D eigenvalue weighted by molar-refractivity contribution is -0.138. The van der Waals surface area contributed by atoms with Gasteiger partial charge in [-0.3, -0.25) is 4.99 Å². The molecule has 0 heterocycles. The second kappa shape index (κ2) is 9.17. The first kappa shape index (κ1) is 19.7. The van der Waals surface area contributed by atoms with Crippen molar-refractivity contribution in [1.29, 1.82) is 0 Å². The van der Waals surface area contributed by atoms with Crippen LogP contribution in [0.25, 0.3) is 0 Å². The Morgan fingerprint density at radius 3 is 1.85 bits per heavy atom. The van der Waals surface area contributed by atoms with Crippen molar-refractivity contribution in [2.75, 3.05) is 0 Å². The summed E-state index contributed by atoms with van der Waals surface area (Å²) in [5.74, 6) is -1.14. The van der Waals surface area contributed by atoms with Crippen molar-refractivity contribution in [2.45, 2.75) is 37.9 Å². The number of carboxylic acid groups (broad SMARTS) is 1. The number of carbonyl (C=O) groups is 1. The predicted molar refractivity (Wildman–Crippen MR) is 94.5 cm³/mol. The van der Waals surface area contributed by atoms with Crippen molar-refractivity contribution in [2.24, 2.45) is 4.99 Å². The summed E-state index contributed by atoms with van der Waals surface area (Å²) in [4.78, 5) is 15.9. The normalized spacial score (nSPS) is 12.4. The molecule has 0 aromatic heterocycles. The van der Waals surface area contributed by atoms with E-state index in [1.807, 2.05) is 60.7 Å². The molecule has 1 N–H and O–H groups in total. The van der Waals surface area contributed by atoms with Crippen LogP contribution in [0.5, 0.6) is 0 Å². The van der Waals surface area contributed by atoms with Gasteiger partial charge in [-0.2, -0.15) is 13.2 Å². The van der Waals surface area contributed by atoms with Gasteiger partial charge in [-0.1, -0.05) is 67.1 Å². The molecule has 0 radical (unpaired) electrons. The fourth-order valence-electron chi connectivity index (χ4n) is 2.57. The molecule has 3 nitrogen and oxygen atoms in total. The predicted octanol–water partition coefficient (Wildman–Crippen LogP) is 5.10. The number of benzene rings is 2. The van der Waals surface area contributed by atoms with Crippen molar-refractivity contribution < 1.29 is 23.1 Å². The number of halogens is 3. The molecule has 0 aliphatic rings. The van der Waals surface area contributed by atoms with Gasteiger partial charge >= 0.3 is 12.1 Å². The Morgan fingerprint density at radius 2 is 1.42 bits per heavy atom. The zero-order chi connectivity index (χ0) is 19.0. The lowest BCUT2D eigenvalue weighted by Crippen LogP contribution is -2.21. The van der Waals surface area contributed by atoms with Gasteiger partial charge in [-0.15, -0.1) is 0 Å². The Kier molecular flexibility index (Phi) is 6.95. The smallest absolute Gasteiger partial charge is 0.389 e. The van der Waals surface area contributed by atoms with Gasteiger partial charge in [0.25, 0.3) is 0 Å². The number of nitrogens with zero attached hydrogens (tertiary/aromatic N) is 1. The molecule has 0 bridgehead atoms. The van der Waals surface area contributed by atoms with E-state index in [0.717, 1.165) is 11.1 Å². The van der Waals surface area contributed by atoms with Gasteiger partial charge in [-0.25, -0.2) is 4.79 Å². The van der Waals surface area contributed by atoms with Crippen LogP contribution >= 0.6 is 0 Å². The lowest BCUT2D eigenvalue weighted by Gasteiger charge is -2.13. The van der Waals surface area contributed by atoms with Crippen LogP contribution in [0.15, 0.2) is 65.7 Å². The highest BCUT2D eigenvalue weighted by molar-refractivity contribution is 6.13. The lowest BCUT2D eigenvalue weighted by atomic mass is 10.0. The first-order chi connectivity index (χ1) is 12.4. The maximum atomic E-state index is 12.2. The van der Waals surface area contributed by atoms with Crippen molar-refractivity contribution in [1.82, 2.24) is 0 Å². The Morgan fingerprint density at radius 1 is 0.923 bits per heavy atom. The minimum Gasteiger partial charge on any atom is -0.480 e. The zero-order valence-corrected chi connectivity index (χ0v) is 14.1. The molecule has 2 aromatic carbocycles. The molecule has 6 heteroatoms. The summed E-state index contributed by atoms with van der Waals surface area (Å²) >= 11 is 0. The fraction of sp³-hybridized carbons (Fsp3) is 0.300. The standard InChI is InChI=1S/C20H20F3NO2/c21-20(22,23)14-8-7-13-17(19(25)26)24-18(15-9-3-1-4-10-15)16-11-5-2-6-12-16/h1-6,9-12,17H,7-8,13-14H2,(H,25,26)/t17-/m0/s1. The quantitative estimate of drug-likeness (QED) is 0.524. The van der Waals surface area contributed by atoms with Crippen LogP contribution < -0.4 is 0 Å². The van der Waals surface area contributed by atoms with Gasteiger partial charge in [0.1, 0.15) is 6.04 Å². The molecule has 0 saturated heterocycles. The number of carboxylic acids is 1. The number of rotatable bonds is 8. The van der Waals surface area contributed by atoms with Gasteiger partial charge in [0, 0.05) is 17.5 Å². The fourth-order valence-corrected chi connectivity index (χ4v) is 2.57. The summed E-state index contributed by atoms with van der Waals surface area (Å²) < 4.78 is 36.7. The van der Waals surface area contributed by atoms with Gasteiger partial charge in [0.05, 0.1) is 5.71 Å². The number of aliphatic imine (C=N–C) groups is 1. The van der Waals surface area contributed by atoms with Gasteiger partial charge in [-0.05, 0) is 12.8 Å². The molecule has 1 atom stereocenters. The molecule has 0 aliphatic carbocycles. The van der Waals surface area contributed by atoms with E-state index >= 15 is 0 Å². The highest BCUT2D eigenvalue weighted by Crippen LogP contribution is 2.23. The number of alkyl halides is 3. The average Bonchev–Trinajstić information content (AvgIpc) is 2.61. The van der Waals surface area contributed by atoms with Crippen molar-refractivity contribution >= 4 is 11.7 Å². The Labute approximate surface area is 150 Å². The van der Waals surface area contributed by atoms with E-state index in [4.69, 9.17) is 0 Å². The molecule has 2 rings (SSSR count). The minimum absolute atomic E-state index is 0.0641. The molecule has 0 spiro atoms. The van der Waals surface area contributed by atoms with E-state index in [1.54, 1.807) is 0 Å². The van der Waals surface area contributed by atoms with Crippen LogP contribution in [0, 0.1) is 0 Å². The van der Waals surface area contributed by atoms with E-state index in [2.05, 4.69) is 4.99 Å².